The van der Waals surface area contributed by atoms with Gasteiger partial charge in [-0.2, -0.15) is 4.39 Å². The van der Waals surface area contributed by atoms with Crippen LogP contribution in [0.2, 0.25) is 0 Å². The summed E-state index contributed by atoms with van der Waals surface area (Å²) in [6, 6.07) is 4.35. The number of nitrogens with zero attached hydrogens (tertiary/aromatic N) is 1. The normalized spacial score (nSPS) is 11.4. The second-order valence-electron chi connectivity index (χ2n) is 4.31. The fourth-order valence-electron chi connectivity index (χ4n) is 1.80. The van der Waals surface area contributed by atoms with Gasteiger partial charge >= 0.3 is 5.69 Å². The molecule has 0 aliphatic heterocycles. The SMILES string of the molecule is Cc1cc(S(=O)(=O)Nc2ccc(F)c([N+](=O)[O-])c2)c(C)s1. The Morgan fingerprint density at radius 2 is 1.95 bits per heavy atom. The molecule has 1 aromatic carbocycles. The summed E-state index contributed by atoms with van der Waals surface area (Å²) < 4.78 is 39.9. The molecule has 0 saturated carbocycles. The molecule has 0 unspecified atom stereocenters. The number of hydrogen-bond acceptors (Lipinski definition) is 5. The molecule has 2 rings (SSSR count). The summed E-state index contributed by atoms with van der Waals surface area (Å²) in [6.45, 7) is 3.44. The molecular formula is C12H11FN2O4S2. The van der Waals surface area contributed by atoms with E-state index in [0.29, 0.717) is 4.88 Å². The van der Waals surface area contributed by atoms with Gasteiger partial charge in [-0.05, 0) is 32.0 Å². The van der Waals surface area contributed by atoms with Crippen molar-refractivity contribution in [2.75, 3.05) is 4.72 Å². The van der Waals surface area contributed by atoms with Crippen molar-refractivity contribution in [2.24, 2.45) is 0 Å². The van der Waals surface area contributed by atoms with Crippen molar-refractivity contribution in [1.82, 2.24) is 0 Å². The van der Waals surface area contributed by atoms with E-state index in [0.717, 1.165) is 23.1 Å². The number of nitrogens with one attached hydrogen (secondary N) is 1. The molecule has 0 atom stereocenters. The number of sulfonamides is 1. The van der Waals surface area contributed by atoms with E-state index >= 15 is 0 Å². The minimum absolute atomic E-state index is 0.0636. The van der Waals surface area contributed by atoms with Crippen LogP contribution >= 0.6 is 11.3 Å². The fraction of sp³-hybridized carbons (Fsp3) is 0.167. The van der Waals surface area contributed by atoms with Crippen LogP contribution in [0, 0.1) is 29.8 Å². The maximum atomic E-state index is 13.2. The zero-order valence-electron chi connectivity index (χ0n) is 11.1. The van der Waals surface area contributed by atoms with Gasteiger partial charge in [0.25, 0.3) is 10.0 Å². The zero-order chi connectivity index (χ0) is 15.8. The van der Waals surface area contributed by atoms with Gasteiger partial charge in [-0.3, -0.25) is 14.8 Å². The third-order valence-electron chi connectivity index (χ3n) is 2.68. The molecular weight excluding hydrogens is 319 g/mol. The number of nitro benzene ring substituents is 1. The molecule has 1 heterocycles. The lowest BCUT2D eigenvalue weighted by atomic mass is 10.3. The third-order valence-corrected chi connectivity index (χ3v) is 5.28. The highest BCUT2D eigenvalue weighted by Crippen LogP contribution is 2.28. The highest BCUT2D eigenvalue weighted by atomic mass is 32.2. The molecule has 1 aromatic heterocycles. The van der Waals surface area contributed by atoms with Crippen molar-refractivity contribution in [1.29, 1.82) is 0 Å². The average molecular weight is 330 g/mol. The smallest absolute Gasteiger partial charge is 0.279 e. The molecule has 9 heteroatoms. The van der Waals surface area contributed by atoms with E-state index in [1.165, 1.54) is 17.4 Å². The largest absolute Gasteiger partial charge is 0.306 e. The van der Waals surface area contributed by atoms with Gasteiger partial charge in [-0.1, -0.05) is 0 Å². The van der Waals surface area contributed by atoms with Crippen molar-refractivity contribution < 1.29 is 17.7 Å². The maximum Gasteiger partial charge on any atom is 0.306 e. The Morgan fingerprint density at radius 3 is 2.48 bits per heavy atom. The van der Waals surface area contributed by atoms with E-state index in [1.54, 1.807) is 13.8 Å². The van der Waals surface area contributed by atoms with Gasteiger partial charge < -0.3 is 0 Å². The van der Waals surface area contributed by atoms with E-state index in [-0.39, 0.29) is 10.6 Å². The van der Waals surface area contributed by atoms with Gasteiger partial charge in [-0.15, -0.1) is 11.3 Å². The predicted octanol–water partition coefficient (Wildman–Crippen LogP) is 3.21. The highest BCUT2D eigenvalue weighted by Gasteiger charge is 2.21. The Labute approximate surface area is 124 Å². The minimum atomic E-state index is -3.86. The van der Waals surface area contributed by atoms with Gasteiger partial charge in [-0.25, -0.2) is 8.42 Å². The Balaban J connectivity index is 2.40. The molecule has 0 saturated heterocycles. The van der Waals surface area contributed by atoms with E-state index in [4.69, 9.17) is 0 Å². The molecule has 0 radical (unpaired) electrons. The Kier molecular flexibility index (Phi) is 3.97. The van der Waals surface area contributed by atoms with Crippen molar-refractivity contribution in [3.05, 3.63) is 50.0 Å². The van der Waals surface area contributed by atoms with E-state index in [1.807, 2.05) is 0 Å². The Hall–Kier alpha value is -2.00. The van der Waals surface area contributed by atoms with E-state index in [9.17, 15) is 22.9 Å². The van der Waals surface area contributed by atoms with Crippen LogP contribution in [-0.4, -0.2) is 13.3 Å². The molecule has 1 N–H and O–H groups in total. The lowest BCUT2D eigenvalue weighted by Crippen LogP contribution is -2.13. The van der Waals surface area contributed by atoms with Crippen molar-refractivity contribution >= 4 is 32.7 Å². The predicted molar refractivity (Wildman–Crippen MR) is 77.7 cm³/mol. The molecule has 6 nitrogen and oxygen atoms in total. The number of nitro groups is 1. The molecule has 21 heavy (non-hydrogen) atoms. The summed E-state index contributed by atoms with van der Waals surface area (Å²) in [7, 11) is -3.86. The molecule has 0 aliphatic carbocycles. The molecule has 112 valence electrons. The van der Waals surface area contributed by atoms with Crippen LogP contribution in [0.25, 0.3) is 0 Å². The van der Waals surface area contributed by atoms with Gasteiger partial charge in [0, 0.05) is 15.8 Å². The van der Waals surface area contributed by atoms with E-state index < -0.39 is 26.5 Å². The summed E-state index contributed by atoms with van der Waals surface area (Å²) in [5, 5.41) is 10.7. The van der Waals surface area contributed by atoms with Gasteiger partial charge in [0.15, 0.2) is 0 Å². The first-order chi connectivity index (χ1) is 9.70. The second kappa shape index (κ2) is 5.41. The van der Waals surface area contributed by atoms with Crippen LogP contribution in [0.15, 0.2) is 29.2 Å². The molecule has 0 amide bonds. The number of thiophene rings is 1. The summed E-state index contributed by atoms with van der Waals surface area (Å²) in [5.74, 6) is -1.02. The van der Waals surface area contributed by atoms with E-state index in [2.05, 4.69) is 4.72 Å². The summed E-state index contributed by atoms with van der Waals surface area (Å²) in [5.41, 5.74) is -0.847. The van der Waals surface area contributed by atoms with Gasteiger partial charge in [0.1, 0.15) is 4.90 Å². The van der Waals surface area contributed by atoms with Crippen LogP contribution in [-0.2, 0) is 10.0 Å². The fourth-order valence-corrected chi connectivity index (χ4v) is 4.41. The van der Waals surface area contributed by atoms with Crippen LogP contribution in [0.4, 0.5) is 15.8 Å². The second-order valence-corrected chi connectivity index (χ2v) is 7.42. The summed E-state index contributed by atoms with van der Waals surface area (Å²) >= 11 is 1.33. The Bertz CT molecular complexity index is 815. The minimum Gasteiger partial charge on any atom is -0.279 e. The molecule has 0 spiro atoms. The average Bonchev–Trinajstić information content (AvgIpc) is 2.71. The van der Waals surface area contributed by atoms with Crippen LogP contribution in [0.3, 0.4) is 0 Å². The monoisotopic (exact) mass is 330 g/mol. The van der Waals surface area contributed by atoms with Crippen molar-refractivity contribution in [3.8, 4) is 0 Å². The first-order valence-electron chi connectivity index (χ1n) is 5.74. The number of benzene rings is 1. The zero-order valence-corrected chi connectivity index (χ0v) is 12.7. The highest BCUT2D eigenvalue weighted by molar-refractivity contribution is 7.93. The number of rotatable bonds is 4. The van der Waals surface area contributed by atoms with Crippen LogP contribution in [0.1, 0.15) is 9.75 Å². The molecule has 0 aliphatic rings. The summed E-state index contributed by atoms with van der Waals surface area (Å²) in [6.07, 6.45) is 0. The third kappa shape index (κ3) is 3.19. The van der Waals surface area contributed by atoms with Crippen molar-refractivity contribution in [2.45, 2.75) is 18.7 Å². The molecule has 2 aromatic rings. The maximum absolute atomic E-state index is 13.2. The standard InChI is InChI=1S/C12H11FN2O4S2/c1-7-5-12(8(2)20-7)21(18,19)14-9-3-4-10(13)11(6-9)15(16)17/h3-6,14H,1-2H3. The van der Waals surface area contributed by atoms with Gasteiger partial charge in [0.2, 0.25) is 5.82 Å². The van der Waals surface area contributed by atoms with Gasteiger partial charge in [0.05, 0.1) is 10.6 Å². The van der Waals surface area contributed by atoms with Crippen LogP contribution in [0.5, 0.6) is 0 Å². The lowest BCUT2D eigenvalue weighted by Gasteiger charge is -2.07. The van der Waals surface area contributed by atoms with Crippen molar-refractivity contribution in [3.63, 3.8) is 0 Å². The number of hydrogen-bond donors (Lipinski definition) is 1. The molecule has 0 bridgehead atoms. The number of anilines is 1. The van der Waals surface area contributed by atoms with Crippen LogP contribution < -0.4 is 4.72 Å². The lowest BCUT2D eigenvalue weighted by molar-refractivity contribution is -0.387. The molecule has 0 fully saturated rings. The Morgan fingerprint density at radius 1 is 1.29 bits per heavy atom. The first kappa shape index (κ1) is 15.4. The number of aryl methyl sites for hydroxylation is 2. The topological polar surface area (TPSA) is 89.3 Å². The summed E-state index contributed by atoms with van der Waals surface area (Å²) in [4.78, 5) is 11.3. The quantitative estimate of drug-likeness (QED) is 0.688. The first-order valence-corrected chi connectivity index (χ1v) is 8.04. The number of halogens is 1.